The Bertz CT molecular complexity index is 509. The molecule has 2 heterocycles. The van der Waals surface area contributed by atoms with E-state index in [9.17, 15) is 0 Å². The van der Waals surface area contributed by atoms with Gasteiger partial charge in [-0.05, 0) is 25.3 Å². The van der Waals surface area contributed by atoms with Crippen LogP contribution in [0.15, 0.2) is 12.3 Å². The summed E-state index contributed by atoms with van der Waals surface area (Å²) in [5.74, 6) is 1.50. The topological polar surface area (TPSA) is 46.5 Å². The van der Waals surface area contributed by atoms with E-state index in [4.69, 9.17) is 0 Å². The third kappa shape index (κ3) is 1.45. The first-order valence-corrected chi connectivity index (χ1v) is 5.83. The first kappa shape index (κ1) is 9.63. The van der Waals surface area contributed by atoms with Crippen molar-refractivity contribution in [3.05, 3.63) is 23.7 Å². The lowest BCUT2D eigenvalue weighted by Gasteiger charge is -2.15. The van der Waals surface area contributed by atoms with E-state index in [2.05, 4.69) is 22.0 Å². The molecule has 0 aliphatic heterocycles. The van der Waals surface area contributed by atoms with Gasteiger partial charge in [0.25, 0.3) is 0 Å². The fourth-order valence-electron chi connectivity index (χ4n) is 2.41. The molecule has 2 aromatic heterocycles. The highest BCUT2D eigenvalue weighted by Gasteiger charge is 2.21. The molecule has 16 heavy (non-hydrogen) atoms. The second-order valence-electron chi connectivity index (χ2n) is 4.62. The third-order valence-electron chi connectivity index (χ3n) is 3.30. The second-order valence-corrected chi connectivity index (χ2v) is 4.62. The summed E-state index contributed by atoms with van der Waals surface area (Å²) in [4.78, 5) is 8.09. The Hall–Kier alpha value is -1.58. The molecule has 1 unspecified atom stereocenters. The zero-order valence-corrected chi connectivity index (χ0v) is 9.70. The van der Waals surface area contributed by atoms with Crippen LogP contribution in [0.2, 0.25) is 0 Å². The summed E-state index contributed by atoms with van der Waals surface area (Å²) < 4.78 is 1.81. The van der Waals surface area contributed by atoms with Crippen LogP contribution in [0.1, 0.15) is 37.1 Å². The first-order chi connectivity index (χ1) is 7.74. The second kappa shape index (κ2) is 3.47. The van der Waals surface area contributed by atoms with Gasteiger partial charge in [-0.1, -0.05) is 6.92 Å². The van der Waals surface area contributed by atoms with Crippen molar-refractivity contribution in [3.8, 4) is 11.5 Å². The molecule has 0 bridgehead atoms. The van der Waals surface area contributed by atoms with Crippen LogP contribution >= 0.6 is 0 Å². The average Bonchev–Trinajstić information content (AvgIpc) is 2.84. The highest BCUT2D eigenvalue weighted by molar-refractivity contribution is 5.50. The van der Waals surface area contributed by atoms with Crippen LogP contribution < -0.4 is 0 Å². The van der Waals surface area contributed by atoms with Gasteiger partial charge < -0.3 is 4.98 Å². The van der Waals surface area contributed by atoms with Crippen LogP contribution in [0, 0.1) is 0 Å². The van der Waals surface area contributed by atoms with Gasteiger partial charge in [0.05, 0.1) is 5.69 Å². The van der Waals surface area contributed by atoms with E-state index >= 15 is 0 Å². The Balaban J connectivity index is 2.04. The Morgan fingerprint density at radius 2 is 2.38 bits per heavy atom. The smallest absolute Gasteiger partial charge is 0.158 e. The molecular formula is C12H16N4. The van der Waals surface area contributed by atoms with Crippen molar-refractivity contribution in [2.75, 3.05) is 0 Å². The number of aromatic amines is 1. The van der Waals surface area contributed by atoms with Crippen LogP contribution in [0.5, 0.6) is 0 Å². The predicted octanol–water partition coefficient (Wildman–Crippen LogP) is 2.25. The molecule has 1 aliphatic carbocycles. The number of hydrogen-bond acceptors (Lipinski definition) is 2. The normalized spacial score (nSPS) is 19.8. The zero-order valence-electron chi connectivity index (χ0n) is 9.70. The molecule has 4 heteroatoms. The van der Waals surface area contributed by atoms with Crippen molar-refractivity contribution in [2.45, 2.75) is 32.1 Å². The number of rotatable bonds is 1. The molecule has 0 spiro atoms. The van der Waals surface area contributed by atoms with Gasteiger partial charge in [-0.15, -0.1) is 0 Å². The number of nitrogens with one attached hydrogen (secondary N) is 1. The van der Waals surface area contributed by atoms with Crippen molar-refractivity contribution in [2.24, 2.45) is 7.05 Å². The SMILES string of the molecule is CC1CCCc2[nH]c(-c3ccn(C)n3)nc21. The molecule has 1 N–H and O–H groups in total. The number of nitrogens with zero attached hydrogens (tertiary/aromatic N) is 3. The molecule has 0 saturated heterocycles. The van der Waals surface area contributed by atoms with Crippen molar-refractivity contribution in [1.29, 1.82) is 0 Å². The summed E-state index contributed by atoms with van der Waals surface area (Å²) in [5.41, 5.74) is 3.48. The van der Waals surface area contributed by atoms with Gasteiger partial charge in [0.1, 0.15) is 5.69 Å². The summed E-state index contributed by atoms with van der Waals surface area (Å²) >= 11 is 0. The maximum Gasteiger partial charge on any atom is 0.158 e. The first-order valence-electron chi connectivity index (χ1n) is 5.83. The maximum atomic E-state index is 4.68. The molecule has 0 aromatic carbocycles. The highest BCUT2D eigenvalue weighted by atomic mass is 15.3. The van der Waals surface area contributed by atoms with Gasteiger partial charge in [0, 0.05) is 24.9 Å². The van der Waals surface area contributed by atoms with Gasteiger partial charge in [-0.2, -0.15) is 5.10 Å². The average molecular weight is 216 g/mol. The van der Waals surface area contributed by atoms with Crippen LogP contribution in [-0.2, 0) is 13.5 Å². The predicted molar refractivity (Wildman–Crippen MR) is 62.1 cm³/mol. The van der Waals surface area contributed by atoms with E-state index in [0.717, 1.165) is 17.9 Å². The Labute approximate surface area is 94.7 Å². The lowest BCUT2D eigenvalue weighted by Crippen LogP contribution is -2.05. The monoisotopic (exact) mass is 216 g/mol. The van der Waals surface area contributed by atoms with Crippen LogP contribution in [-0.4, -0.2) is 19.7 Å². The van der Waals surface area contributed by atoms with E-state index in [1.54, 1.807) is 4.68 Å². The molecule has 3 rings (SSSR count). The van der Waals surface area contributed by atoms with Gasteiger partial charge >= 0.3 is 0 Å². The Morgan fingerprint density at radius 1 is 1.50 bits per heavy atom. The highest BCUT2D eigenvalue weighted by Crippen LogP contribution is 2.31. The Morgan fingerprint density at radius 3 is 3.06 bits per heavy atom. The van der Waals surface area contributed by atoms with E-state index in [-0.39, 0.29) is 0 Å². The molecule has 1 aliphatic rings. The minimum Gasteiger partial charge on any atom is -0.340 e. The molecule has 84 valence electrons. The van der Waals surface area contributed by atoms with Gasteiger partial charge in [-0.3, -0.25) is 4.68 Å². The molecule has 0 saturated carbocycles. The minimum atomic E-state index is 0.581. The van der Waals surface area contributed by atoms with E-state index in [0.29, 0.717) is 5.92 Å². The lowest BCUT2D eigenvalue weighted by molar-refractivity contribution is 0.574. The van der Waals surface area contributed by atoms with Gasteiger partial charge in [0.15, 0.2) is 5.82 Å². The molecule has 0 fully saturated rings. The van der Waals surface area contributed by atoms with Crippen LogP contribution in [0.3, 0.4) is 0 Å². The van der Waals surface area contributed by atoms with Gasteiger partial charge in [-0.25, -0.2) is 4.98 Å². The molecular weight excluding hydrogens is 200 g/mol. The quantitative estimate of drug-likeness (QED) is 0.794. The van der Waals surface area contributed by atoms with Crippen molar-refractivity contribution in [1.82, 2.24) is 19.7 Å². The number of imidazole rings is 1. The minimum absolute atomic E-state index is 0.581. The maximum absolute atomic E-state index is 4.68. The molecule has 4 nitrogen and oxygen atoms in total. The fraction of sp³-hybridized carbons (Fsp3) is 0.500. The number of aromatic nitrogens is 4. The van der Waals surface area contributed by atoms with E-state index in [1.807, 2.05) is 19.3 Å². The summed E-state index contributed by atoms with van der Waals surface area (Å²) in [6.45, 7) is 2.25. The summed E-state index contributed by atoms with van der Waals surface area (Å²) in [6, 6.07) is 1.99. The Kier molecular flexibility index (Phi) is 2.09. The third-order valence-corrected chi connectivity index (χ3v) is 3.30. The molecule has 0 radical (unpaired) electrons. The number of aryl methyl sites for hydroxylation is 2. The lowest BCUT2D eigenvalue weighted by atomic mass is 9.92. The summed E-state index contributed by atoms with van der Waals surface area (Å²) in [5, 5.41) is 4.37. The summed E-state index contributed by atoms with van der Waals surface area (Å²) in [7, 11) is 1.93. The van der Waals surface area contributed by atoms with Crippen LogP contribution in [0.4, 0.5) is 0 Å². The molecule has 1 atom stereocenters. The van der Waals surface area contributed by atoms with Crippen molar-refractivity contribution in [3.63, 3.8) is 0 Å². The largest absolute Gasteiger partial charge is 0.340 e. The molecule has 2 aromatic rings. The zero-order chi connectivity index (χ0) is 11.1. The van der Waals surface area contributed by atoms with E-state index < -0.39 is 0 Å². The van der Waals surface area contributed by atoms with Crippen molar-refractivity contribution >= 4 is 0 Å². The summed E-state index contributed by atoms with van der Waals surface area (Å²) in [6.07, 6.45) is 5.58. The number of hydrogen-bond donors (Lipinski definition) is 1. The van der Waals surface area contributed by atoms with Crippen LogP contribution in [0.25, 0.3) is 11.5 Å². The van der Waals surface area contributed by atoms with Gasteiger partial charge in [0.2, 0.25) is 0 Å². The number of fused-ring (bicyclic) bond motifs is 1. The fourth-order valence-corrected chi connectivity index (χ4v) is 2.41. The van der Waals surface area contributed by atoms with Crippen molar-refractivity contribution < 1.29 is 0 Å². The standard InChI is InChI=1S/C12H16N4/c1-8-4-3-5-9-11(8)14-12(13-9)10-6-7-16(2)15-10/h6-8H,3-5H2,1-2H3,(H,13,14). The van der Waals surface area contributed by atoms with E-state index in [1.165, 1.54) is 24.2 Å². The molecule has 0 amide bonds. The number of H-pyrrole nitrogens is 1.